The zero-order valence-electron chi connectivity index (χ0n) is 48.7. The first-order valence-electron chi connectivity index (χ1n) is 26.5. The molecule has 0 amide bonds. The van der Waals surface area contributed by atoms with Crippen LogP contribution in [0.15, 0.2) is 187 Å². The molecular weight excluding hydrogens is 1550 g/mol. The van der Waals surface area contributed by atoms with Gasteiger partial charge in [0.25, 0.3) is 80.9 Å². The lowest BCUT2D eigenvalue weighted by molar-refractivity contribution is 0.472. The van der Waals surface area contributed by atoms with Gasteiger partial charge >= 0.3 is 0 Å². The number of fused-ring (bicyclic) bond motifs is 4. The molecule has 0 fully saturated rings. The van der Waals surface area contributed by atoms with Crippen molar-refractivity contribution in [3.8, 4) is 5.75 Å². The van der Waals surface area contributed by atoms with Gasteiger partial charge in [-0.1, -0.05) is 36.4 Å². The van der Waals surface area contributed by atoms with Crippen LogP contribution in [0.3, 0.4) is 0 Å². The molecule has 49 heteroatoms. The van der Waals surface area contributed by atoms with E-state index in [1.807, 2.05) is 0 Å². The van der Waals surface area contributed by atoms with Crippen LogP contribution >= 0.6 is 23.2 Å². The summed E-state index contributed by atoms with van der Waals surface area (Å²) in [6.45, 7) is 0. The Bertz CT molecular complexity index is 6510. The van der Waals surface area contributed by atoms with Gasteiger partial charge < -0.3 is 26.4 Å². The van der Waals surface area contributed by atoms with Crippen molar-refractivity contribution in [3.05, 3.63) is 138 Å². The smallest absolute Gasteiger partial charge is 0.297 e. The quantitative estimate of drug-likeness (QED) is 0.0249. The summed E-state index contributed by atoms with van der Waals surface area (Å²) in [6, 6.07) is 20.1. The van der Waals surface area contributed by atoms with Crippen LogP contribution in [0, 0.1) is 0 Å². The Morgan fingerprint density at radius 2 is 0.713 bits per heavy atom. The van der Waals surface area contributed by atoms with Gasteiger partial charge in [0.05, 0.1) is 21.2 Å². The first-order chi connectivity index (χ1) is 46.8. The number of nitrogens with one attached hydrogen (secondary N) is 4. The first-order valence-corrected chi connectivity index (χ1v) is 38.8. The number of benzene rings is 9. The van der Waals surface area contributed by atoms with Gasteiger partial charge in [0.2, 0.25) is 34.4 Å². The van der Waals surface area contributed by atoms with Gasteiger partial charge in [-0.2, -0.15) is 97.2 Å². The van der Waals surface area contributed by atoms with Gasteiger partial charge in [0, 0.05) is 43.7 Å². The number of hydrogen-bond donors (Lipinski definition) is 13. The van der Waals surface area contributed by atoms with Gasteiger partial charge in [-0.05, 0) is 125 Å². The summed E-state index contributed by atoms with van der Waals surface area (Å²) in [4.78, 5) is 16.4. The third-order valence-electron chi connectivity index (χ3n) is 13.9. The lowest BCUT2D eigenvalue weighted by Gasteiger charge is -2.15. The second kappa shape index (κ2) is 25.9. The summed E-state index contributed by atoms with van der Waals surface area (Å²) >= 11 is 12.6. The third kappa shape index (κ3) is 15.5. The Labute approximate surface area is 575 Å². The number of azo groups is 2. The minimum Gasteiger partial charge on any atom is -0.505 e. The molecule has 524 valence electrons. The predicted molar refractivity (Wildman–Crippen MR) is 354 cm³/mol. The van der Waals surface area contributed by atoms with Crippen LogP contribution in [0.2, 0.25) is 10.6 Å². The molecule has 0 saturated heterocycles. The van der Waals surface area contributed by atoms with Crippen molar-refractivity contribution in [3.63, 3.8) is 0 Å². The number of rotatable bonds is 20. The number of phenolic OH excluding ortho intramolecular Hbond substituents is 1. The van der Waals surface area contributed by atoms with Crippen LogP contribution in [0.4, 0.5) is 69.3 Å². The summed E-state index contributed by atoms with van der Waals surface area (Å²) in [5.74, 6) is -2.99. The number of aromatic nitrogens is 6. The molecule has 11 aromatic rings. The molecule has 0 spiro atoms. The normalized spacial score (nSPS) is 13.0. The number of nitrogens with zero attached hydrogens (tertiary/aromatic N) is 10. The second-order valence-electron chi connectivity index (χ2n) is 20.5. The van der Waals surface area contributed by atoms with Crippen LogP contribution in [-0.4, -0.2) is 139 Å². The zero-order chi connectivity index (χ0) is 73.6. The average molecular weight is 1580 g/mol. The molecule has 0 bridgehead atoms. The van der Waals surface area contributed by atoms with E-state index in [9.17, 15) is 109 Å². The molecule has 101 heavy (non-hydrogen) atoms. The van der Waals surface area contributed by atoms with Gasteiger partial charge in [-0.3, -0.25) is 36.4 Å². The highest BCUT2D eigenvalue weighted by molar-refractivity contribution is 7.88. The molecule has 0 aliphatic heterocycles. The zero-order valence-corrected chi connectivity index (χ0v) is 56.7. The molecule has 0 unspecified atom stereocenters. The molecule has 13 N–H and O–H groups in total. The van der Waals surface area contributed by atoms with Crippen LogP contribution in [0.25, 0.3) is 43.1 Å². The number of halogens is 2. The SMILES string of the molecule is O=S(=O)(O)c1cc(Nc2nc(Cl)nc(Nc3ccc(Nc4nc(Cl)nc(Nc5cc(S(=O)(=O)O)cc6cc(S(=O)(=O)O)c(N=Nc7ccc8c(S(=O)(=O)O)cccc8c7S(=O)(=O)O)c(O)c56)n4)cc3)n2)c2cc(N=Nc3ccc4c(S(=O)(=O)O)cccc4c3S(=O)(=O)O)c(S(=O)(=O)O)cc2c1. The molecule has 0 aliphatic rings. The molecule has 0 radical (unpaired) electrons. The van der Waals surface area contributed by atoms with E-state index < -0.39 is 209 Å². The minimum absolute atomic E-state index is 0.179. The molecule has 0 atom stereocenters. The fourth-order valence-electron chi connectivity index (χ4n) is 9.89. The molecule has 39 nitrogen and oxygen atoms in total. The van der Waals surface area contributed by atoms with Crippen molar-refractivity contribution in [1.29, 1.82) is 0 Å². The fraction of sp³-hybridized carbons (Fsp3) is 0. The average Bonchev–Trinajstić information content (AvgIpc) is 0.711. The summed E-state index contributed by atoms with van der Waals surface area (Å²) in [5.41, 5.74) is -4.09. The third-order valence-corrected chi connectivity index (χ3v) is 21.3. The van der Waals surface area contributed by atoms with Crippen molar-refractivity contribution in [1.82, 2.24) is 29.9 Å². The maximum absolute atomic E-state index is 12.9. The summed E-state index contributed by atoms with van der Waals surface area (Å²) in [5, 5.41) is 32.9. The highest BCUT2D eigenvalue weighted by Crippen LogP contribution is 2.47. The number of aromatic hydroxyl groups is 1. The van der Waals surface area contributed by atoms with E-state index in [-0.39, 0.29) is 39.7 Å². The molecule has 2 heterocycles. The summed E-state index contributed by atoms with van der Waals surface area (Å²) < 4.78 is 282. The van der Waals surface area contributed by atoms with E-state index in [1.54, 1.807) is 0 Å². The van der Waals surface area contributed by atoms with Crippen molar-refractivity contribution in [2.75, 3.05) is 21.3 Å². The lowest BCUT2D eigenvalue weighted by atomic mass is 10.1. The van der Waals surface area contributed by atoms with Crippen molar-refractivity contribution in [2.24, 2.45) is 20.5 Å². The topological polar surface area (TPSA) is 630 Å². The van der Waals surface area contributed by atoms with Gasteiger partial charge in [0.1, 0.15) is 52.1 Å². The standard InChI is InChI=1S/C52H34Cl2N14O25S8/c53-47-59-49(63-51(61-47)57-35-19-26(94(70,71)72)15-22-17-40(98(82,83)84)36(21-32(22)35)67-65-33-13-11-28-30(45(33)100(88,89)90)3-1-5-38(28)96(76,77)78)55-24-7-9-25(10-8-24)56-50-60-48(54)62-52(64-50)58-37-20-27(95(73,74)75)16-23-18-41(99(85,86)87)43(44(69)42(23)37)68-66-34-14-12-29-31(46(34)101(91,92)93)4-2-6-39(29)97(79,80)81/h1-21,69H,(H,70,71,72)(H,73,74,75)(H,76,77,78)(H,79,80,81)(H,82,83,84)(H,85,86,87)(H,88,89,90)(H,91,92,93)(H2,55,57,59,61,63)(H2,56,58,60,62,64). The Kier molecular flexibility index (Phi) is 18.6. The van der Waals surface area contributed by atoms with Gasteiger partial charge in [-0.15, -0.1) is 20.5 Å². The van der Waals surface area contributed by atoms with E-state index in [4.69, 9.17) is 23.2 Å². The molecule has 9 aromatic carbocycles. The molecule has 0 saturated carbocycles. The lowest BCUT2D eigenvalue weighted by Crippen LogP contribution is -2.07. The van der Waals surface area contributed by atoms with E-state index in [0.717, 1.165) is 78.9 Å². The molecule has 0 aliphatic carbocycles. The Morgan fingerprint density at radius 3 is 1.14 bits per heavy atom. The number of hydrogen-bond acceptors (Lipinski definition) is 31. The van der Waals surface area contributed by atoms with Crippen molar-refractivity contribution < 1.29 is 109 Å². The Morgan fingerprint density at radius 1 is 0.327 bits per heavy atom. The minimum atomic E-state index is -5.54. The maximum Gasteiger partial charge on any atom is 0.297 e. The van der Waals surface area contributed by atoms with E-state index in [0.29, 0.717) is 24.3 Å². The molecular formula is C52H34Cl2N14O25S8. The first kappa shape index (κ1) is 72.4. The van der Waals surface area contributed by atoms with Crippen LogP contribution in [0.1, 0.15) is 0 Å². The van der Waals surface area contributed by atoms with E-state index in [1.165, 1.54) is 24.3 Å². The van der Waals surface area contributed by atoms with Crippen molar-refractivity contribution >= 4 is 217 Å². The number of phenols is 1. The monoisotopic (exact) mass is 1580 g/mol. The van der Waals surface area contributed by atoms with Gasteiger partial charge in [-0.25, -0.2) is 0 Å². The van der Waals surface area contributed by atoms with E-state index in [2.05, 4.69) is 71.6 Å². The second-order valence-corrected chi connectivity index (χ2v) is 32.3. The van der Waals surface area contributed by atoms with Gasteiger partial charge in [0.15, 0.2) is 5.75 Å². The Balaban J connectivity index is 0.890. The fourth-order valence-corrected chi connectivity index (χ4v) is 15.7. The van der Waals surface area contributed by atoms with Crippen LogP contribution in [0.5, 0.6) is 5.75 Å². The molecule has 11 rings (SSSR count). The van der Waals surface area contributed by atoms with Crippen LogP contribution < -0.4 is 21.3 Å². The Hall–Kier alpha value is -9.90. The summed E-state index contributed by atoms with van der Waals surface area (Å²) in [7, 11) is -42.0. The van der Waals surface area contributed by atoms with Crippen LogP contribution in [-0.2, 0) is 80.9 Å². The highest BCUT2D eigenvalue weighted by atomic mass is 35.5. The van der Waals surface area contributed by atoms with E-state index >= 15 is 0 Å². The largest absolute Gasteiger partial charge is 0.505 e. The highest BCUT2D eigenvalue weighted by Gasteiger charge is 2.30. The predicted octanol–water partition coefficient (Wildman–Crippen LogP) is 9.46. The maximum atomic E-state index is 12.9. The van der Waals surface area contributed by atoms with Crippen molar-refractivity contribution in [2.45, 2.75) is 39.2 Å². The number of anilines is 8. The molecule has 2 aromatic heterocycles. The summed E-state index contributed by atoms with van der Waals surface area (Å²) in [6.07, 6.45) is 0.